The Labute approximate surface area is 134 Å². The topological polar surface area (TPSA) is 33.7 Å². The molecule has 0 amide bonds. The van der Waals surface area contributed by atoms with Gasteiger partial charge in [-0.1, -0.05) is 6.07 Å². The number of alkyl halides is 3. The van der Waals surface area contributed by atoms with Crippen molar-refractivity contribution in [1.29, 1.82) is 0 Å². The van der Waals surface area contributed by atoms with Crippen molar-refractivity contribution in [2.45, 2.75) is 19.1 Å². The molecule has 0 spiro atoms. The van der Waals surface area contributed by atoms with E-state index in [4.69, 9.17) is 9.47 Å². The van der Waals surface area contributed by atoms with Gasteiger partial charge in [0.15, 0.2) is 11.5 Å². The first-order valence-corrected chi connectivity index (χ1v) is 7.62. The summed E-state index contributed by atoms with van der Waals surface area (Å²) in [6, 6.07) is 5.69. The lowest BCUT2D eigenvalue weighted by molar-refractivity contribution is -0.143. The lowest BCUT2D eigenvalue weighted by Gasteiger charge is -2.18. The molecule has 130 valence electrons. The van der Waals surface area contributed by atoms with Crippen molar-refractivity contribution in [3.8, 4) is 11.5 Å². The monoisotopic (exact) mass is 332 g/mol. The van der Waals surface area contributed by atoms with Gasteiger partial charge in [-0.25, -0.2) is 0 Å². The number of nitrogens with zero attached hydrogens (tertiary/aromatic N) is 1. The fourth-order valence-corrected chi connectivity index (χ4v) is 2.89. The molecule has 1 unspecified atom stereocenters. The van der Waals surface area contributed by atoms with Crippen LogP contribution in [0, 0.1) is 5.92 Å². The van der Waals surface area contributed by atoms with E-state index >= 15 is 0 Å². The van der Waals surface area contributed by atoms with Gasteiger partial charge in [-0.05, 0) is 43.1 Å². The highest BCUT2D eigenvalue weighted by Crippen LogP contribution is 2.27. The molecule has 0 bridgehead atoms. The maximum atomic E-state index is 12.4. The number of hydrogen-bond donors (Lipinski definition) is 1. The summed E-state index contributed by atoms with van der Waals surface area (Å²) in [6.07, 6.45) is -3.31. The maximum Gasteiger partial charge on any atom is 0.401 e. The van der Waals surface area contributed by atoms with Crippen molar-refractivity contribution in [2.24, 2.45) is 5.92 Å². The predicted octanol–water partition coefficient (Wildman–Crippen LogP) is 2.68. The smallest absolute Gasteiger partial charge is 0.401 e. The van der Waals surface area contributed by atoms with Crippen molar-refractivity contribution in [1.82, 2.24) is 10.2 Å². The van der Waals surface area contributed by atoms with Crippen LogP contribution >= 0.6 is 0 Å². The maximum absolute atomic E-state index is 12.4. The van der Waals surface area contributed by atoms with Gasteiger partial charge in [0.2, 0.25) is 0 Å². The average Bonchev–Trinajstić information content (AvgIpc) is 2.92. The second-order valence-electron chi connectivity index (χ2n) is 5.83. The van der Waals surface area contributed by atoms with Gasteiger partial charge in [0, 0.05) is 13.1 Å². The van der Waals surface area contributed by atoms with E-state index in [1.54, 1.807) is 14.2 Å². The number of ether oxygens (including phenoxy) is 2. The number of hydrogen-bond acceptors (Lipinski definition) is 4. The van der Waals surface area contributed by atoms with Crippen LogP contribution in [0.2, 0.25) is 0 Å². The number of halogens is 3. The molecule has 0 aromatic heterocycles. The van der Waals surface area contributed by atoms with Gasteiger partial charge in [0.05, 0.1) is 20.8 Å². The number of likely N-dealkylation sites (tertiary alicyclic amines) is 1. The van der Waals surface area contributed by atoms with E-state index in [0.717, 1.165) is 12.0 Å². The Hall–Kier alpha value is -1.47. The number of methoxy groups -OCH3 is 2. The minimum absolute atomic E-state index is 0.262. The van der Waals surface area contributed by atoms with Crippen molar-refractivity contribution < 1.29 is 22.6 Å². The van der Waals surface area contributed by atoms with Gasteiger partial charge in [-0.3, -0.25) is 4.90 Å². The molecule has 1 atom stereocenters. The fourth-order valence-electron chi connectivity index (χ4n) is 2.89. The molecule has 2 rings (SSSR count). The van der Waals surface area contributed by atoms with Crippen LogP contribution in [-0.4, -0.2) is 51.5 Å². The van der Waals surface area contributed by atoms with Crippen LogP contribution in [0.3, 0.4) is 0 Å². The molecule has 0 radical (unpaired) electrons. The van der Waals surface area contributed by atoms with E-state index in [1.807, 2.05) is 18.2 Å². The van der Waals surface area contributed by atoms with E-state index in [0.29, 0.717) is 37.7 Å². The van der Waals surface area contributed by atoms with Gasteiger partial charge in [-0.15, -0.1) is 0 Å². The minimum Gasteiger partial charge on any atom is -0.493 e. The van der Waals surface area contributed by atoms with Crippen molar-refractivity contribution in [2.75, 3.05) is 40.4 Å². The Morgan fingerprint density at radius 1 is 1.22 bits per heavy atom. The normalized spacial score (nSPS) is 19.1. The third-order valence-electron chi connectivity index (χ3n) is 3.98. The summed E-state index contributed by atoms with van der Waals surface area (Å²) in [5, 5.41) is 3.31. The predicted molar refractivity (Wildman–Crippen MR) is 81.9 cm³/mol. The lowest BCUT2D eigenvalue weighted by atomic mass is 10.1. The molecular weight excluding hydrogens is 309 g/mol. The fraction of sp³-hybridized carbons (Fsp3) is 0.625. The Morgan fingerprint density at radius 2 is 1.96 bits per heavy atom. The molecule has 0 aliphatic carbocycles. The molecule has 1 N–H and O–H groups in total. The molecule has 1 aliphatic rings. The summed E-state index contributed by atoms with van der Waals surface area (Å²) in [7, 11) is 3.17. The summed E-state index contributed by atoms with van der Waals surface area (Å²) in [6.45, 7) is 1.57. The van der Waals surface area contributed by atoms with E-state index in [1.165, 1.54) is 4.90 Å². The third kappa shape index (κ3) is 5.58. The second kappa shape index (κ2) is 7.88. The summed E-state index contributed by atoms with van der Waals surface area (Å²) < 4.78 is 47.5. The molecule has 1 aromatic rings. The van der Waals surface area contributed by atoms with Gasteiger partial charge in [0.1, 0.15) is 0 Å². The molecular formula is C16H23F3N2O2. The molecule has 1 aromatic carbocycles. The van der Waals surface area contributed by atoms with Crippen LogP contribution in [0.1, 0.15) is 12.0 Å². The Kier molecular flexibility index (Phi) is 6.12. The molecule has 0 saturated carbocycles. The van der Waals surface area contributed by atoms with Gasteiger partial charge in [0.25, 0.3) is 0 Å². The summed E-state index contributed by atoms with van der Waals surface area (Å²) in [4.78, 5) is 1.47. The zero-order valence-electron chi connectivity index (χ0n) is 13.4. The lowest BCUT2D eigenvalue weighted by Crippen LogP contribution is -2.33. The van der Waals surface area contributed by atoms with Crippen molar-refractivity contribution in [3.63, 3.8) is 0 Å². The van der Waals surface area contributed by atoms with E-state index in [9.17, 15) is 13.2 Å². The molecule has 1 fully saturated rings. The van der Waals surface area contributed by atoms with Crippen LogP contribution in [0.25, 0.3) is 0 Å². The second-order valence-corrected chi connectivity index (χ2v) is 5.83. The average molecular weight is 332 g/mol. The molecule has 4 nitrogen and oxygen atoms in total. The third-order valence-corrected chi connectivity index (χ3v) is 3.98. The van der Waals surface area contributed by atoms with Crippen LogP contribution in [-0.2, 0) is 6.54 Å². The summed E-state index contributed by atoms with van der Waals surface area (Å²) in [5.41, 5.74) is 1.05. The van der Waals surface area contributed by atoms with Crippen molar-refractivity contribution >= 4 is 0 Å². The first-order chi connectivity index (χ1) is 10.9. The van der Waals surface area contributed by atoms with E-state index < -0.39 is 12.7 Å². The van der Waals surface area contributed by atoms with E-state index in [2.05, 4.69) is 5.32 Å². The largest absolute Gasteiger partial charge is 0.493 e. The highest BCUT2D eigenvalue weighted by atomic mass is 19.4. The van der Waals surface area contributed by atoms with Crippen LogP contribution in [0.15, 0.2) is 18.2 Å². The van der Waals surface area contributed by atoms with Crippen LogP contribution in [0.5, 0.6) is 11.5 Å². The minimum atomic E-state index is -4.11. The Morgan fingerprint density at radius 3 is 2.61 bits per heavy atom. The first-order valence-electron chi connectivity index (χ1n) is 7.62. The molecule has 7 heteroatoms. The van der Waals surface area contributed by atoms with Gasteiger partial charge in [-0.2, -0.15) is 13.2 Å². The SMILES string of the molecule is COc1ccc(CNCC2CCN(CC(F)(F)F)C2)cc1OC. The van der Waals surface area contributed by atoms with Gasteiger partial charge < -0.3 is 14.8 Å². The standard InChI is InChI=1S/C16H23F3N2O2/c1-22-14-4-3-12(7-15(14)23-2)8-20-9-13-5-6-21(10-13)11-16(17,18)19/h3-4,7,13,20H,5-6,8-11H2,1-2H3. The Balaban J connectivity index is 1.75. The molecule has 1 saturated heterocycles. The highest BCUT2D eigenvalue weighted by Gasteiger charge is 2.34. The molecule has 1 heterocycles. The molecule has 1 aliphatic heterocycles. The van der Waals surface area contributed by atoms with Gasteiger partial charge >= 0.3 is 6.18 Å². The van der Waals surface area contributed by atoms with E-state index in [-0.39, 0.29) is 5.92 Å². The first kappa shape index (κ1) is 17.9. The van der Waals surface area contributed by atoms with Crippen LogP contribution in [0.4, 0.5) is 13.2 Å². The number of rotatable bonds is 7. The van der Waals surface area contributed by atoms with Crippen molar-refractivity contribution in [3.05, 3.63) is 23.8 Å². The quantitative estimate of drug-likeness (QED) is 0.832. The van der Waals surface area contributed by atoms with Crippen LogP contribution < -0.4 is 14.8 Å². The summed E-state index contributed by atoms with van der Waals surface area (Å²) in [5.74, 6) is 1.61. The zero-order chi connectivity index (χ0) is 16.9. The molecule has 23 heavy (non-hydrogen) atoms. The Bertz CT molecular complexity index is 509. The number of nitrogens with one attached hydrogen (secondary N) is 1. The zero-order valence-corrected chi connectivity index (χ0v) is 13.4. The number of benzene rings is 1. The highest BCUT2D eigenvalue weighted by molar-refractivity contribution is 5.42. The summed E-state index contributed by atoms with van der Waals surface area (Å²) >= 11 is 0.